The minimum absolute atomic E-state index is 0.444. The highest BCUT2D eigenvalue weighted by molar-refractivity contribution is 4.91. The summed E-state index contributed by atoms with van der Waals surface area (Å²) in [5, 5.41) is 0. The van der Waals surface area contributed by atoms with Crippen LogP contribution in [0.25, 0.3) is 0 Å². The van der Waals surface area contributed by atoms with E-state index in [-0.39, 0.29) is 0 Å². The van der Waals surface area contributed by atoms with Crippen molar-refractivity contribution in [2.45, 2.75) is 31.7 Å². The molecule has 1 fully saturated rings. The molecule has 0 aromatic carbocycles. The molecule has 2 heteroatoms. The molecule has 0 aromatic heterocycles. The van der Waals surface area contributed by atoms with Gasteiger partial charge < -0.3 is 10.6 Å². The summed E-state index contributed by atoms with van der Waals surface area (Å²) < 4.78 is 0. The zero-order chi connectivity index (χ0) is 9.10. The lowest BCUT2D eigenvalue weighted by atomic mass is 9.94. The molecule has 1 aliphatic carbocycles. The molecule has 2 aliphatic rings. The Labute approximate surface area is 80.8 Å². The van der Waals surface area contributed by atoms with E-state index >= 15 is 0 Å². The number of likely N-dealkylation sites (tertiary alicyclic amines) is 1. The Bertz CT molecular complexity index is 189. The summed E-state index contributed by atoms with van der Waals surface area (Å²) in [6.07, 6.45) is 9.79. The van der Waals surface area contributed by atoms with Crippen LogP contribution in [0.1, 0.15) is 25.7 Å². The van der Waals surface area contributed by atoms with E-state index in [0.29, 0.717) is 6.04 Å². The number of nitrogens with two attached hydrogens (primary N) is 1. The molecule has 0 radical (unpaired) electrons. The predicted octanol–water partition coefficient (Wildman–Crippen LogP) is 1.38. The van der Waals surface area contributed by atoms with Gasteiger partial charge in [-0.3, -0.25) is 0 Å². The molecule has 2 rings (SSSR count). The van der Waals surface area contributed by atoms with E-state index in [1.54, 1.807) is 0 Å². The highest BCUT2D eigenvalue weighted by atomic mass is 15.2. The third-order valence-corrected chi connectivity index (χ3v) is 3.20. The lowest BCUT2D eigenvalue weighted by Gasteiger charge is -2.24. The van der Waals surface area contributed by atoms with E-state index in [1.165, 1.54) is 38.8 Å². The second-order valence-electron chi connectivity index (χ2n) is 4.46. The second kappa shape index (κ2) is 4.25. The van der Waals surface area contributed by atoms with Crippen LogP contribution in [-0.4, -0.2) is 30.6 Å². The first-order valence-electron chi connectivity index (χ1n) is 5.47. The van der Waals surface area contributed by atoms with Crippen molar-refractivity contribution in [1.82, 2.24) is 4.90 Å². The van der Waals surface area contributed by atoms with Gasteiger partial charge in [-0.05, 0) is 38.1 Å². The molecule has 0 bridgehead atoms. The van der Waals surface area contributed by atoms with Gasteiger partial charge in [0.05, 0.1) is 0 Å². The Kier molecular flexibility index (Phi) is 3.01. The van der Waals surface area contributed by atoms with Gasteiger partial charge in [0.2, 0.25) is 0 Å². The largest absolute Gasteiger partial charge is 0.326 e. The van der Waals surface area contributed by atoms with E-state index in [9.17, 15) is 0 Å². The summed E-state index contributed by atoms with van der Waals surface area (Å²) in [5.41, 5.74) is 5.87. The van der Waals surface area contributed by atoms with Crippen molar-refractivity contribution in [3.63, 3.8) is 0 Å². The third kappa shape index (κ3) is 2.55. The van der Waals surface area contributed by atoms with E-state index in [2.05, 4.69) is 17.1 Å². The van der Waals surface area contributed by atoms with Gasteiger partial charge in [-0.1, -0.05) is 12.2 Å². The molecule has 74 valence electrons. The molecule has 13 heavy (non-hydrogen) atoms. The number of rotatable bonds is 2. The molecule has 0 amide bonds. The summed E-state index contributed by atoms with van der Waals surface area (Å²) in [6.45, 7) is 3.62. The Morgan fingerprint density at radius 3 is 2.85 bits per heavy atom. The molecule has 0 aromatic rings. The topological polar surface area (TPSA) is 29.3 Å². The smallest absolute Gasteiger partial charge is 0.0180 e. The van der Waals surface area contributed by atoms with Crippen molar-refractivity contribution >= 4 is 0 Å². The average molecular weight is 180 g/mol. The van der Waals surface area contributed by atoms with Gasteiger partial charge in [0, 0.05) is 19.1 Å². The van der Waals surface area contributed by atoms with E-state index < -0.39 is 0 Å². The van der Waals surface area contributed by atoms with Crippen LogP contribution in [0, 0.1) is 5.92 Å². The van der Waals surface area contributed by atoms with Gasteiger partial charge in [-0.2, -0.15) is 0 Å². The molecule has 1 heterocycles. The predicted molar refractivity (Wildman–Crippen MR) is 55.5 cm³/mol. The first-order valence-corrected chi connectivity index (χ1v) is 5.47. The van der Waals surface area contributed by atoms with Gasteiger partial charge >= 0.3 is 0 Å². The van der Waals surface area contributed by atoms with Gasteiger partial charge in [0.1, 0.15) is 0 Å². The fourth-order valence-electron chi connectivity index (χ4n) is 2.42. The van der Waals surface area contributed by atoms with E-state index in [4.69, 9.17) is 5.73 Å². The molecule has 2 atom stereocenters. The Hall–Kier alpha value is -0.340. The maximum atomic E-state index is 5.87. The molecule has 2 nitrogen and oxygen atoms in total. The summed E-state index contributed by atoms with van der Waals surface area (Å²) >= 11 is 0. The molecular formula is C11H20N2. The van der Waals surface area contributed by atoms with Crippen LogP contribution in [-0.2, 0) is 0 Å². The Morgan fingerprint density at radius 2 is 2.23 bits per heavy atom. The lowest BCUT2D eigenvalue weighted by molar-refractivity contribution is 0.264. The quantitative estimate of drug-likeness (QED) is 0.650. The maximum Gasteiger partial charge on any atom is 0.0180 e. The average Bonchev–Trinajstić information content (AvgIpc) is 2.53. The zero-order valence-electron chi connectivity index (χ0n) is 8.28. The number of allylic oxidation sites excluding steroid dienone is 2. The van der Waals surface area contributed by atoms with Gasteiger partial charge in [0.25, 0.3) is 0 Å². The van der Waals surface area contributed by atoms with Crippen molar-refractivity contribution in [2.75, 3.05) is 19.6 Å². The first-order chi connectivity index (χ1) is 6.34. The monoisotopic (exact) mass is 180 g/mol. The number of hydrogen-bond donors (Lipinski definition) is 1. The van der Waals surface area contributed by atoms with Crippen LogP contribution in [0.4, 0.5) is 0 Å². The maximum absolute atomic E-state index is 5.87. The molecule has 1 saturated heterocycles. The van der Waals surface area contributed by atoms with Crippen LogP contribution < -0.4 is 5.73 Å². The van der Waals surface area contributed by atoms with Crippen LogP contribution in [0.2, 0.25) is 0 Å². The van der Waals surface area contributed by atoms with Crippen molar-refractivity contribution in [3.05, 3.63) is 12.2 Å². The van der Waals surface area contributed by atoms with Gasteiger partial charge in [0.15, 0.2) is 0 Å². The highest BCUT2D eigenvalue weighted by Gasteiger charge is 2.21. The lowest BCUT2D eigenvalue weighted by Crippen LogP contribution is -2.31. The minimum atomic E-state index is 0.444. The molecule has 0 spiro atoms. The van der Waals surface area contributed by atoms with Crippen molar-refractivity contribution in [2.24, 2.45) is 11.7 Å². The first kappa shape index (κ1) is 9.22. The zero-order valence-corrected chi connectivity index (χ0v) is 8.28. The summed E-state index contributed by atoms with van der Waals surface area (Å²) in [7, 11) is 0. The highest BCUT2D eigenvalue weighted by Crippen LogP contribution is 2.20. The van der Waals surface area contributed by atoms with Crippen molar-refractivity contribution in [1.29, 1.82) is 0 Å². The van der Waals surface area contributed by atoms with Crippen molar-refractivity contribution < 1.29 is 0 Å². The SMILES string of the molecule is N[C@@H]1CCN(CC2CC=CCC2)C1. The van der Waals surface area contributed by atoms with Crippen LogP contribution in [0.15, 0.2) is 12.2 Å². The van der Waals surface area contributed by atoms with Crippen molar-refractivity contribution in [3.8, 4) is 0 Å². The second-order valence-corrected chi connectivity index (χ2v) is 4.46. The molecule has 0 saturated carbocycles. The molecule has 1 aliphatic heterocycles. The minimum Gasteiger partial charge on any atom is -0.326 e. The molecular weight excluding hydrogens is 160 g/mol. The molecule has 2 N–H and O–H groups in total. The number of nitrogens with zero attached hydrogens (tertiary/aromatic N) is 1. The van der Waals surface area contributed by atoms with Gasteiger partial charge in [-0.25, -0.2) is 0 Å². The van der Waals surface area contributed by atoms with Crippen LogP contribution in [0.5, 0.6) is 0 Å². The number of hydrogen-bond acceptors (Lipinski definition) is 2. The van der Waals surface area contributed by atoms with Crippen LogP contribution in [0.3, 0.4) is 0 Å². The summed E-state index contributed by atoms with van der Waals surface area (Å²) in [6, 6.07) is 0.444. The Morgan fingerprint density at radius 1 is 1.31 bits per heavy atom. The standard InChI is InChI=1S/C11H20N2/c12-11-6-7-13(9-11)8-10-4-2-1-3-5-10/h1-2,10-11H,3-9,12H2/t10?,11-/m1/s1. The third-order valence-electron chi connectivity index (χ3n) is 3.20. The summed E-state index contributed by atoms with van der Waals surface area (Å²) in [5.74, 6) is 0.898. The van der Waals surface area contributed by atoms with E-state index in [0.717, 1.165) is 12.5 Å². The summed E-state index contributed by atoms with van der Waals surface area (Å²) in [4.78, 5) is 2.54. The fraction of sp³-hybridized carbons (Fsp3) is 0.818. The van der Waals surface area contributed by atoms with Gasteiger partial charge in [-0.15, -0.1) is 0 Å². The molecule has 1 unspecified atom stereocenters. The van der Waals surface area contributed by atoms with E-state index in [1.807, 2.05) is 0 Å². The van der Waals surface area contributed by atoms with Crippen LogP contribution >= 0.6 is 0 Å². The fourth-order valence-corrected chi connectivity index (χ4v) is 2.42. The normalized spacial score (nSPS) is 35.5. The Balaban J connectivity index is 1.74.